The van der Waals surface area contributed by atoms with Gasteiger partial charge in [-0.3, -0.25) is 0 Å². The van der Waals surface area contributed by atoms with Gasteiger partial charge in [-0.1, -0.05) is 11.3 Å². The molecule has 0 aromatic heterocycles. The lowest BCUT2D eigenvalue weighted by atomic mass is 10.1. The fourth-order valence-electron chi connectivity index (χ4n) is 1.30. The number of esters is 2. The Hall–Kier alpha value is -0.843. The first kappa shape index (κ1) is 10.7. The summed E-state index contributed by atoms with van der Waals surface area (Å²) in [5.41, 5.74) is 0.591. The number of carbonyl (C=O) groups excluding carboxylic acids is 2. The van der Waals surface area contributed by atoms with Crippen molar-refractivity contribution in [2.24, 2.45) is 0 Å². The van der Waals surface area contributed by atoms with Gasteiger partial charge in [-0.2, -0.15) is 0 Å². The molecular weight excluding hydrogens is 255 g/mol. The molecule has 0 saturated heterocycles. The van der Waals surface area contributed by atoms with Crippen molar-refractivity contribution in [3.63, 3.8) is 0 Å². The van der Waals surface area contributed by atoms with E-state index in [1.165, 1.54) is 0 Å². The van der Waals surface area contributed by atoms with Gasteiger partial charge < -0.3 is 4.74 Å². The van der Waals surface area contributed by atoms with Crippen molar-refractivity contribution >= 4 is 49.8 Å². The molecule has 1 aromatic rings. The summed E-state index contributed by atoms with van der Waals surface area (Å²) in [5, 5.41) is 0.829. The van der Waals surface area contributed by atoms with Gasteiger partial charge >= 0.3 is 11.9 Å². The highest BCUT2D eigenvalue weighted by Gasteiger charge is 2.29. The van der Waals surface area contributed by atoms with Gasteiger partial charge in [-0.05, 0) is 12.1 Å². The molecule has 0 amide bonds. The molecule has 2 radical (unpaired) electrons. The summed E-state index contributed by atoms with van der Waals surface area (Å²) in [7, 11) is 0.178. The minimum atomic E-state index is -0.609. The van der Waals surface area contributed by atoms with Crippen LogP contribution in [0.5, 0.6) is 0 Å². The number of hydrogen-bond acceptors (Lipinski definition) is 3. The molecule has 0 spiro atoms. The molecule has 76 valence electrons. The van der Waals surface area contributed by atoms with E-state index in [1.807, 2.05) is 0 Å². The Morgan fingerprint density at radius 2 is 1.80 bits per heavy atom. The zero-order valence-corrected chi connectivity index (χ0v) is 9.80. The van der Waals surface area contributed by atoms with Crippen LogP contribution in [0.3, 0.4) is 0 Å². The van der Waals surface area contributed by atoms with Gasteiger partial charge in [-0.25, -0.2) is 9.59 Å². The maximum Gasteiger partial charge on any atom is 0.346 e. The summed E-state index contributed by atoms with van der Waals surface area (Å²) >= 11 is 11.2. The number of benzene rings is 1. The molecule has 0 fully saturated rings. The van der Waals surface area contributed by atoms with E-state index < -0.39 is 16.4 Å². The molecule has 15 heavy (non-hydrogen) atoms. The zero-order valence-electron chi connectivity index (χ0n) is 7.29. The smallest absolute Gasteiger partial charge is 0.346 e. The number of alkyl halides is 2. The van der Waals surface area contributed by atoms with E-state index in [1.54, 1.807) is 18.2 Å². The van der Waals surface area contributed by atoms with E-state index >= 15 is 0 Å². The first-order valence-corrected chi connectivity index (χ1v) is 5.98. The average molecular weight is 259 g/mol. The maximum atomic E-state index is 11.2. The number of fused-ring (bicyclic) bond motifs is 1. The molecule has 0 N–H and O–H groups in total. The first-order valence-electron chi connectivity index (χ1n) is 4.03. The van der Waals surface area contributed by atoms with Crippen molar-refractivity contribution in [1.82, 2.24) is 0 Å². The minimum Gasteiger partial charge on any atom is -0.386 e. The SMILES string of the molecule is O=C1OC(=O)c2cc([Si]C(Cl)Cl)ccc21. The van der Waals surface area contributed by atoms with Crippen molar-refractivity contribution in [2.45, 2.75) is 4.46 Å². The van der Waals surface area contributed by atoms with Crippen molar-refractivity contribution in [3.05, 3.63) is 29.3 Å². The number of rotatable bonds is 2. The minimum absolute atomic E-state index is 0.178. The Bertz CT molecular complexity index is 445. The van der Waals surface area contributed by atoms with Crippen LogP contribution in [0.15, 0.2) is 18.2 Å². The highest BCUT2D eigenvalue weighted by Crippen LogP contribution is 2.18. The number of ether oxygens (including phenoxy) is 1. The molecule has 0 atom stereocenters. The highest BCUT2D eigenvalue weighted by molar-refractivity contribution is 6.75. The molecule has 3 nitrogen and oxygen atoms in total. The van der Waals surface area contributed by atoms with Crippen LogP contribution in [0, 0.1) is 0 Å². The van der Waals surface area contributed by atoms with Crippen molar-refractivity contribution < 1.29 is 14.3 Å². The van der Waals surface area contributed by atoms with E-state index in [4.69, 9.17) is 23.2 Å². The Balaban J connectivity index is 2.38. The Morgan fingerprint density at radius 1 is 1.13 bits per heavy atom. The second kappa shape index (κ2) is 3.96. The Labute approximate surface area is 98.1 Å². The first-order chi connectivity index (χ1) is 7.08. The second-order valence-electron chi connectivity index (χ2n) is 2.88. The third kappa shape index (κ3) is 2.07. The van der Waals surface area contributed by atoms with Gasteiger partial charge in [0.25, 0.3) is 0 Å². The molecule has 1 heterocycles. The molecule has 0 bridgehead atoms. The Kier molecular flexibility index (Phi) is 2.82. The number of cyclic esters (lactones) is 2. The molecular formula is C9H4Cl2O3Si. The highest BCUT2D eigenvalue weighted by atomic mass is 35.5. The van der Waals surface area contributed by atoms with Gasteiger partial charge in [0.2, 0.25) is 0 Å². The van der Waals surface area contributed by atoms with Crippen LogP contribution < -0.4 is 5.19 Å². The summed E-state index contributed by atoms with van der Waals surface area (Å²) in [6.07, 6.45) is 0. The third-order valence-corrected chi connectivity index (χ3v) is 3.44. The number of halogens is 2. The quantitative estimate of drug-likeness (QED) is 0.345. The summed E-state index contributed by atoms with van der Waals surface area (Å²) in [6.45, 7) is 0. The Morgan fingerprint density at radius 3 is 2.47 bits per heavy atom. The van der Waals surface area contributed by atoms with Crippen LogP contribution in [-0.4, -0.2) is 25.9 Å². The van der Waals surface area contributed by atoms with E-state index in [9.17, 15) is 9.59 Å². The second-order valence-corrected chi connectivity index (χ2v) is 6.15. The largest absolute Gasteiger partial charge is 0.386 e. The van der Waals surface area contributed by atoms with E-state index in [2.05, 4.69) is 4.74 Å². The summed E-state index contributed by atoms with van der Waals surface area (Å²) < 4.78 is 3.95. The predicted molar refractivity (Wildman–Crippen MR) is 57.1 cm³/mol. The fourth-order valence-corrected chi connectivity index (χ4v) is 2.72. The monoisotopic (exact) mass is 258 g/mol. The molecule has 0 saturated carbocycles. The van der Waals surface area contributed by atoms with Crippen LogP contribution in [0.4, 0.5) is 0 Å². The summed E-state index contributed by atoms with van der Waals surface area (Å²) in [5.74, 6) is -1.21. The van der Waals surface area contributed by atoms with Crippen molar-refractivity contribution in [2.75, 3.05) is 0 Å². The van der Waals surface area contributed by atoms with Crippen LogP contribution >= 0.6 is 23.2 Å². The van der Waals surface area contributed by atoms with Crippen molar-refractivity contribution in [3.8, 4) is 0 Å². The third-order valence-electron chi connectivity index (χ3n) is 1.92. The standard InChI is InChI=1S/C9H4Cl2O3Si/c10-9(11)15-4-1-2-5-6(3-4)8(13)14-7(5)12/h1-3,9H. The molecule has 1 aliphatic heterocycles. The van der Waals surface area contributed by atoms with Crippen molar-refractivity contribution in [1.29, 1.82) is 0 Å². The molecule has 2 rings (SSSR count). The van der Waals surface area contributed by atoms with E-state index in [0.717, 1.165) is 5.19 Å². The van der Waals surface area contributed by atoms with Crippen LogP contribution in [0.2, 0.25) is 0 Å². The van der Waals surface area contributed by atoms with E-state index in [0.29, 0.717) is 11.1 Å². The molecule has 0 unspecified atom stereocenters. The lowest BCUT2D eigenvalue weighted by Gasteiger charge is -2.00. The average Bonchev–Trinajstić information content (AvgIpc) is 2.41. The maximum absolute atomic E-state index is 11.2. The molecule has 1 aromatic carbocycles. The van der Waals surface area contributed by atoms with Gasteiger partial charge in [0.15, 0.2) is 0 Å². The molecule has 0 aliphatic carbocycles. The van der Waals surface area contributed by atoms with Gasteiger partial charge in [0.1, 0.15) is 9.52 Å². The summed E-state index contributed by atoms with van der Waals surface area (Å²) in [4.78, 5) is 22.3. The zero-order chi connectivity index (χ0) is 11.0. The van der Waals surface area contributed by atoms with E-state index in [-0.39, 0.29) is 9.52 Å². The van der Waals surface area contributed by atoms with Gasteiger partial charge in [0, 0.05) is 0 Å². The number of carbonyl (C=O) groups is 2. The van der Waals surface area contributed by atoms with Crippen LogP contribution in [-0.2, 0) is 4.74 Å². The lowest BCUT2D eigenvalue weighted by molar-refractivity contribution is 0.0444. The van der Waals surface area contributed by atoms with Gasteiger partial charge in [-0.15, -0.1) is 23.2 Å². The van der Waals surface area contributed by atoms with Crippen LogP contribution in [0.25, 0.3) is 0 Å². The topological polar surface area (TPSA) is 43.4 Å². The number of hydrogen-bond donors (Lipinski definition) is 0. The predicted octanol–water partition coefficient (Wildman–Crippen LogP) is 1.09. The van der Waals surface area contributed by atoms with Gasteiger partial charge in [0.05, 0.1) is 15.6 Å². The normalized spacial score (nSPS) is 14.3. The summed E-state index contributed by atoms with van der Waals surface area (Å²) in [6, 6.07) is 4.87. The lowest BCUT2D eigenvalue weighted by Crippen LogP contribution is -2.21. The molecule has 1 aliphatic rings. The molecule has 6 heteroatoms. The fraction of sp³-hybridized carbons (Fsp3) is 0.111. The van der Waals surface area contributed by atoms with Crippen LogP contribution in [0.1, 0.15) is 20.7 Å².